The van der Waals surface area contributed by atoms with Crippen molar-refractivity contribution in [1.82, 2.24) is 15.1 Å². The number of hydrogen-bond acceptors (Lipinski definition) is 9. The van der Waals surface area contributed by atoms with Gasteiger partial charge in [0.1, 0.15) is 5.69 Å². The zero-order chi connectivity index (χ0) is 19.4. The second kappa shape index (κ2) is 7.68. The molecule has 0 aliphatic carbocycles. The average Bonchev–Trinajstić information content (AvgIpc) is 3.15. The monoisotopic (exact) mass is 372 g/mol. The Labute approximate surface area is 153 Å². The topological polar surface area (TPSA) is 123 Å². The first-order chi connectivity index (χ1) is 13.0. The van der Waals surface area contributed by atoms with Gasteiger partial charge in [0.15, 0.2) is 18.1 Å². The second-order valence-corrected chi connectivity index (χ2v) is 5.40. The molecule has 0 N–H and O–H groups in total. The van der Waals surface area contributed by atoms with Gasteiger partial charge in [0.05, 0.1) is 14.2 Å². The highest BCUT2D eigenvalue weighted by Crippen LogP contribution is 2.31. The van der Waals surface area contributed by atoms with Crippen molar-refractivity contribution >= 4 is 5.82 Å². The van der Waals surface area contributed by atoms with E-state index in [0.717, 1.165) is 0 Å². The van der Waals surface area contributed by atoms with Crippen molar-refractivity contribution in [3.8, 4) is 28.6 Å². The lowest BCUT2D eigenvalue weighted by atomic mass is 10.2. The van der Waals surface area contributed by atoms with Crippen LogP contribution in [-0.4, -0.2) is 34.3 Å². The van der Waals surface area contributed by atoms with Crippen LogP contribution in [0.15, 0.2) is 34.9 Å². The van der Waals surface area contributed by atoms with Crippen LogP contribution in [0.2, 0.25) is 0 Å². The Balaban J connectivity index is 1.77. The van der Waals surface area contributed by atoms with Gasteiger partial charge in [-0.1, -0.05) is 5.16 Å². The standard InChI is InChI=1S/C17H16N4O6/c1-10-4-6-13(17(18-10)21(22)23)26-9-15-19-16(20-27-15)11-5-7-12(24-2)14(8-11)25-3/h4-8H,9H2,1-3H3. The van der Waals surface area contributed by atoms with Crippen LogP contribution in [0.3, 0.4) is 0 Å². The molecule has 0 aliphatic rings. The molecule has 140 valence electrons. The number of methoxy groups -OCH3 is 2. The van der Waals surface area contributed by atoms with Gasteiger partial charge in [0.25, 0.3) is 5.89 Å². The van der Waals surface area contributed by atoms with E-state index in [-0.39, 0.29) is 24.1 Å². The summed E-state index contributed by atoms with van der Waals surface area (Å²) >= 11 is 0. The molecule has 0 unspecified atom stereocenters. The van der Waals surface area contributed by atoms with E-state index in [1.54, 1.807) is 38.3 Å². The van der Waals surface area contributed by atoms with Gasteiger partial charge < -0.3 is 28.8 Å². The van der Waals surface area contributed by atoms with E-state index in [4.69, 9.17) is 18.7 Å². The number of benzene rings is 1. The maximum absolute atomic E-state index is 11.1. The Morgan fingerprint density at radius 2 is 1.81 bits per heavy atom. The molecule has 0 atom stereocenters. The van der Waals surface area contributed by atoms with Crippen molar-refractivity contribution in [3.63, 3.8) is 0 Å². The van der Waals surface area contributed by atoms with Crippen molar-refractivity contribution in [1.29, 1.82) is 0 Å². The summed E-state index contributed by atoms with van der Waals surface area (Å²) in [5.41, 5.74) is 1.17. The molecule has 0 saturated carbocycles. The minimum atomic E-state index is -0.606. The fourth-order valence-corrected chi connectivity index (χ4v) is 2.32. The van der Waals surface area contributed by atoms with E-state index in [2.05, 4.69) is 15.1 Å². The molecule has 0 aliphatic heterocycles. The van der Waals surface area contributed by atoms with Gasteiger partial charge in [0.2, 0.25) is 11.6 Å². The minimum Gasteiger partial charge on any atom is -0.493 e. The first-order valence-electron chi connectivity index (χ1n) is 7.81. The van der Waals surface area contributed by atoms with E-state index in [1.807, 2.05) is 0 Å². The number of nitro groups is 1. The lowest BCUT2D eigenvalue weighted by molar-refractivity contribution is -0.390. The number of hydrogen-bond donors (Lipinski definition) is 0. The van der Waals surface area contributed by atoms with E-state index in [0.29, 0.717) is 28.6 Å². The molecule has 3 aromatic rings. The highest BCUT2D eigenvalue weighted by Gasteiger charge is 2.19. The molecule has 10 heteroatoms. The van der Waals surface area contributed by atoms with Crippen LogP contribution in [-0.2, 0) is 6.61 Å². The number of nitrogens with zero attached hydrogens (tertiary/aromatic N) is 4. The minimum absolute atomic E-state index is 0.0245. The predicted octanol–water partition coefficient (Wildman–Crippen LogP) is 2.94. The Morgan fingerprint density at radius 3 is 2.52 bits per heavy atom. The maximum atomic E-state index is 11.1. The van der Waals surface area contributed by atoms with Crippen LogP contribution in [0.1, 0.15) is 11.6 Å². The normalized spacial score (nSPS) is 10.5. The summed E-state index contributed by atoms with van der Waals surface area (Å²) in [6.07, 6.45) is 0. The van der Waals surface area contributed by atoms with Crippen molar-refractivity contribution < 1.29 is 23.7 Å². The zero-order valence-electron chi connectivity index (χ0n) is 14.8. The van der Waals surface area contributed by atoms with Crippen LogP contribution in [0.25, 0.3) is 11.4 Å². The predicted molar refractivity (Wildman–Crippen MR) is 92.8 cm³/mol. The molecule has 2 aromatic heterocycles. The van der Waals surface area contributed by atoms with E-state index >= 15 is 0 Å². The van der Waals surface area contributed by atoms with Gasteiger partial charge in [-0.25, -0.2) is 0 Å². The van der Waals surface area contributed by atoms with E-state index in [1.165, 1.54) is 13.2 Å². The summed E-state index contributed by atoms with van der Waals surface area (Å²) in [6.45, 7) is 1.52. The summed E-state index contributed by atoms with van der Waals surface area (Å²) < 4.78 is 21.0. The van der Waals surface area contributed by atoms with Crippen molar-refractivity contribution in [2.75, 3.05) is 14.2 Å². The van der Waals surface area contributed by atoms with Crippen molar-refractivity contribution in [2.24, 2.45) is 0 Å². The highest BCUT2D eigenvalue weighted by atomic mass is 16.6. The third-order valence-electron chi connectivity index (χ3n) is 3.61. The highest BCUT2D eigenvalue weighted by molar-refractivity contribution is 5.60. The first kappa shape index (κ1) is 18.1. The van der Waals surface area contributed by atoms with Crippen molar-refractivity contribution in [3.05, 3.63) is 52.0 Å². The van der Waals surface area contributed by atoms with Gasteiger partial charge in [-0.2, -0.15) is 4.98 Å². The smallest absolute Gasteiger partial charge is 0.406 e. The second-order valence-electron chi connectivity index (χ2n) is 5.40. The Hall–Kier alpha value is -3.69. The summed E-state index contributed by atoms with van der Waals surface area (Å²) in [5, 5.41) is 15.0. The molecule has 0 amide bonds. The molecule has 2 heterocycles. The summed E-state index contributed by atoms with van der Waals surface area (Å²) in [6, 6.07) is 8.29. The summed E-state index contributed by atoms with van der Waals surface area (Å²) in [7, 11) is 3.07. The van der Waals surface area contributed by atoms with Crippen LogP contribution >= 0.6 is 0 Å². The molecule has 0 bridgehead atoms. The Bertz CT molecular complexity index is 972. The average molecular weight is 372 g/mol. The molecule has 0 saturated heterocycles. The number of rotatable bonds is 7. The van der Waals surface area contributed by atoms with Crippen molar-refractivity contribution in [2.45, 2.75) is 13.5 Å². The lowest BCUT2D eigenvalue weighted by Crippen LogP contribution is -2.02. The summed E-state index contributed by atoms with van der Waals surface area (Å²) in [5.74, 6) is 1.25. The van der Waals surface area contributed by atoms with Crippen LogP contribution in [0.5, 0.6) is 17.2 Å². The molecule has 0 fully saturated rings. The molecule has 0 radical (unpaired) electrons. The lowest BCUT2D eigenvalue weighted by Gasteiger charge is -2.07. The van der Waals surface area contributed by atoms with E-state index in [9.17, 15) is 10.1 Å². The largest absolute Gasteiger partial charge is 0.493 e. The summed E-state index contributed by atoms with van der Waals surface area (Å²) in [4.78, 5) is 18.6. The van der Waals surface area contributed by atoms with Gasteiger partial charge in [-0.3, -0.25) is 0 Å². The zero-order valence-corrected chi connectivity index (χ0v) is 14.8. The van der Waals surface area contributed by atoms with E-state index < -0.39 is 4.92 Å². The number of pyridine rings is 1. The molecule has 10 nitrogen and oxygen atoms in total. The molecule has 3 rings (SSSR count). The molecule has 0 spiro atoms. The molecular weight excluding hydrogens is 356 g/mol. The fraction of sp³-hybridized carbons (Fsp3) is 0.235. The van der Waals surface area contributed by atoms with Gasteiger partial charge in [-0.05, 0) is 40.2 Å². The van der Waals surface area contributed by atoms with Gasteiger partial charge >= 0.3 is 5.82 Å². The third kappa shape index (κ3) is 3.94. The molecule has 1 aromatic carbocycles. The number of ether oxygens (including phenoxy) is 3. The fourth-order valence-electron chi connectivity index (χ4n) is 2.32. The first-order valence-corrected chi connectivity index (χ1v) is 7.81. The Morgan fingerprint density at radius 1 is 1.07 bits per heavy atom. The maximum Gasteiger partial charge on any atom is 0.406 e. The SMILES string of the molecule is COc1ccc(-c2noc(COc3ccc(C)nc3[N+](=O)[O-])n2)cc1OC. The van der Waals surface area contributed by atoms with Crippen LogP contribution in [0.4, 0.5) is 5.82 Å². The van der Waals surface area contributed by atoms with Crippen LogP contribution in [0, 0.1) is 17.0 Å². The Kier molecular flexibility index (Phi) is 5.15. The number of aromatic nitrogens is 3. The molecule has 27 heavy (non-hydrogen) atoms. The number of aryl methyl sites for hydroxylation is 1. The quantitative estimate of drug-likeness (QED) is 0.455. The molecular formula is C17H16N4O6. The van der Waals surface area contributed by atoms with Gasteiger partial charge in [-0.15, -0.1) is 0 Å². The van der Waals surface area contributed by atoms with Crippen LogP contribution < -0.4 is 14.2 Å². The van der Waals surface area contributed by atoms with Gasteiger partial charge in [0, 0.05) is 12.5 Å². The third-order valence-corrected chi connectivity index (χ3v) is 3.61.